The van der Waals surface area contributed by atoms with Crippen LogP contribution in [0.5, 0.6) is 0 Å². The molecule has 3 N–H and O–H groups in total. The van der Waals surface area contributed by atoms with Gasteiger partial charge in [-0.3, -0.25) is 4.79 Å². The van der Waals surface area contributed by atoms with Crippen LogP contribution < -0.4 is 16.0 Å². The molecule has 2 aliphatic rings. The lowest BCUT2D eigenvalue weighted by Gasteiger charge is -2.42. The maximum atomic E-state index is 11.5. The van der Waals surface area contributed by atoms with E-state index in [1.54, 1.807) is 0 Å². The Labute approximate surface area is 119 Å². The lowest BCUT2D eigenvalue weighted by Crippen LogP contribution is -2.54. The first-order valence-electron chi connectivity index (χ1n) is 7.47. The van der Waals surface area contributed by atoms with Crippen molar-refractivity contribution in [1.29, 1.82) is 0 Å². The van der Waals surface area contributed by atoms with E-state index in [-0.39, 0.29) is 5.91 Å². The number of hydrogen-bond donors (Lipinski definition) is 2. The molecule has 2 fully saturated rings. The van der Waals surface area contributed by atoms with E-state index in [4.69, 9.17) is 5.73 Å². The smallest absolute Gasteiger partial charge is 0.220 e. The topological polar surface area (TPSA) is 76.2 Å². The molecular formula is C14H23N5O. The molecule has 3 rings (SSSR count). The maximum absolute atomic E-state index is 11.5. The van der Waals surface area contributed by atoms with Gasteiger partial charge in [-0.25, -0.2) is 4.68 Å². The van der Waals surface area contributed by atoms with Gasteiger partial charge in [0.25, 0.3) is 0 Å². The summed E-state index contributed by atoms with van der Waals surface area (Å²) in [5, 5.41) is 7.62. The largest absolute Gasteiger partial charge is 0.394 e. The molecule has 1 aromatic heterocycles. The summed E-state index contributed by atoms with van der Waals surface area (Å²) >= 11 is 0. The molecule has 2 aliphatic heterocycles. The molecular weight excluding hydrogens is 254 g/mol. The van der Waals surface area contributed by atoms with Crippen molar-refractivity contribution >= 4 is 17.4 Å². The highest BCUT2D eigenvalue weighted by Gasteiger charge is 2.35. The Morgan fingerprint density at radius 3 is 3.00 bits per heavy atom. The van der Waals surface area contributed by atoms with Crippen molar-refractivity contribution in [3.05, 3.63) is 5.69 Å². The number of nitrogen functional groups attached to an aromatic ring is 1. The first-order chi connectivity index (χ1) is 9.60. The van der Waals surface area contributed by atoms with Crippen LogP contribution in [-0.4, -0.2) is 34.8 Å². The zero-order chi connectivity index (χ0) is 14.3. The van der Waals surface area contributed by atoms with Crippen LogP contribution in [0.4, 0.5) is 11.5 Å². The molecule has 6 nitrogen and oxygen atoms in total. The molecule has 0 radical (unpaired) electrons. The number of aryl methyl sites for hydroxylation is 2. The zero-order valence-electron chi connectivity index (χ0n) is 12.2. The number of nitrogens with zero attached hydrogens (tertiary/aromatic N) is 3. The molecule has 110 valence electrons. The van der Waals surface area contributed by atoms with Crippen LogP contribution in [0.15, 0.2) is 0 Å². The van der Waals surface area contributed by atoms with Crippen LogP contribution in [0.3, 0.4) is 0 Å². The Kier molecular flexibility index (Phi) is 3.31. The average Bonchev–Trinajstić information content (AvgIpc) is 2.74. The Hall–Kier alpha value is -1.72. The summed E-state index contributed by atoms with van der Waals surface area (Å²) < 4.78 is 1.99. The Bertz CT molecular complexity index is 524. The summed E-state index contributed by atoms with van der Waals surface area (Å²) in [5.74, 6) is 1.79. The summed E-state index contributed by atoms with van der Waals surface area (Å²) in [7, 11) is 0. The fourth-order valence-electron chi connectivity index (χ4n) is 3.44. The van der Waals surface area contributed by atoms with Crippen molar-refractivity contribution in [2.75, 3.05) is 23.7 Å². The second-order valence-electron chi connectivity index (χ2n) is 5.85. The van der Waals surface area contributed by atoms with E-state index in [1.165, 1.54) is 0 Å². The van der Waals surface area contributed by atoms with Crippen molar-refractivity contribution in [3.8, 4) is 0 Å². The van der Waals surface area contributed by atoms with Crippen molar-refractivity contribution in [2.24, 2.45) is 5.92 Å². The molecule has 3 heterocycles. The fourth-order valence-corrected chi connectivity index (χ4v) is 3.44. The number of nitrogens with two attached hydrogens (primary N) is 1. The van der Waals surface area contributed by atoms with Crippen molar-refractivity contribution in [3.63, 3.8) is 0 Å². The summed E-state index contributed by atoms with van der Waals surface area (Å²) in [4.78, 5) is 13.8. The van der Waals surface area contributed by atoms with Crippen LogP contribution in [-0.2, 0) is 11.3 Å². The van der Waals surface area contributed by atoms with Gasteiger partial charge in [-0.2, -0.15) is 5.10 Å². The monoisotopic (exact) mass is 277 g/mol. The van der Waals surface area contributed by atoms with Crippen molar-refractivity contribution in [1.82, 2.24) is 15.1 Å². The zero-order valence-corrected chi connectivity index (χ0v) is 12.2. The van der Waals surface area contributed by atoms with Gasteiger partial charge in [0.15, 0.2) is 5.82 Å². The number of carbonyl (C=O) groups excluding carboxylic acids is 1. The third-order valence-corrected chi connectivity index (χ3v) is 4.57. The first kappa shape index (κ1) is 13.3. The third kappa shape index (κ3) is 2.13. The van der Waals surface area contributed by atoms with E-state index in [0.717, 1.165) is 49.7 Å². The van der Waals surface area contributed by atoms with E-state index in [0.29, 0.717) is 18.4 Å². The van der Waals surface area contributed by atoms with Crippen LogP contribution in [0.2, 0.25) is 0 Å². The van der Waals surface area contributed by atoms with Gasteiger partial charge in [0.05, 0.1) is 11.4 Å². The first-order valence-corrected chi connectivity index (χ1v) is 7.47. The predicted molar refractivity (Wildman–Crippen MR) is 78.5 cm³/mol. The maximum Gasteiger partial charge on any atom is 0.220 e. The summed E-state index contributed by atoms with van der Waals surface area (Å²) in [6, 6.07) is 0.341. The highest BCUT2D eigenvalue weighted by atomic mass is 16.1. The standard InChI is InChI=1S/C14H23N5O/c1-3-19-14(13(15)9(2)17-19)18-7-6-11-10(8-18)4-5-12(20)16-11/h10-11H,3-8,15H2,1-2H3,(H,16,20). The number of nitrogens with one attached hydrogen (secondary N) is 1. The lowest BCUT2D eigenvalue weighted by molar-refractivity contribution is -0.124. The van der Waals surface area contributed by atoms with Crippen molar-refractivity contribution < 1.29 is 4.79 Å². The number of fused-ring (bicyclic) bond motifs is 1. The SMILES string of the molecule is CCn1nc(C)c(N)c1N1CCC2NC(=O)CCC2C1. The molecule has 0 aliphatic carbocycles. The fraction of sp³-hybridized carbons (Fsp3) is 0.714. The van der Waals surface area contributed by atoms with E-state index in [2.05, 4.69) is 22.2 Å². The van der Waals surface area contributed by atoms with Crippen molar-refractivity contribution in [2.45, 2.75) is 45.7 Å². The second kappa shape index (κ2) is 5.00. The summed E-state index contributed by atoms with van der Waals surface area (Å²) in [5.41, 5.74) is 7.91. The summed E-state index contributed by atoms with van der Waals surface area (Å²) in [6.07, 6.45) is 2.62. The number of hydrogen-bond acceptors (Lipinski definition) is 4. The van der Waals surface area contributed by atoms with E-state index >= 15 is 0 Å². The van der Waals surface area contributed by atoms with E-state index in [1.807, 2.05) is 11.6 Å². The predicted octanol–water partition coefficient (Wildman–Crippen LogP) is 0.899. The highest BCUT2D eigenvalue weighted by molar-refractivity contribution is 5.77. The molecule has 2 saturated heterocycles. The number of piperidine rings is 2. The lowest BCUT2D eigenvalue weighted by atomic mass is 9.85. The molecule has 0 bridgehead atoms. The molecule has 2 atom stereocenters. The minimum Gasteiger partial charge on any atom is -0.394 e. The molecule has 2 unspecified atom stereocenters. The van der Waals surface area contributed by atoms with Gasteiger partial charge in [-0.1, -0.05) is 0 Å². The van der Waals surface area contributed by atoms with Gasteiger partial charge in [0.2, 0.25) is 5.91 Å². The van der Waals surface area contributed by atoms with Gasteiger partial charge in [0, 0.05) is 32.1 Å². The molecule has 6 heteroatoms. The number of anilines is 2. The van der Waals surface area contributed by atoms with Crippen LogP contribution in [0.25, 0.3) is 0 Å². The Balaban J connectivity index is 1.81. The normalized spacial score (nSPS) is 26.3. The minimum atomic E-state index is 0.202. The molecule has 0 aromatic carbocycles. The second-order valence-corrected chi connectivity index (χ2v) is 5.85. The average molecular weight is 277 g/mol. The molecule has 1 amide bonds. The summed E-state index contributed by atoms with van der Waals surface area (Å²) in [6.45, 7) is 6.76. The van der Waals surface area contributed by atoms with Gasteiger partial charge in [0.1, 0.15) is 0 Å². The number of carbonyl (C=O) groups is 1. The number of rotatable bonds is 2. The molecule has 1 aromatic rings. The Morgan fingerprint density at radius 1 is 1.45 bits per heavy atom. The molecule has 20 heavy (non-hydrogen) atoms. The minimum absolute atomic E-state index is 0.202. The van der Waals surface area contributed by atoms with Crippen LogP contribution in [0.1, 0.15) is 31.9 Å². The van der Waals surface area contributed by atoms with E-state index < -0.39 is 0 Å². The van der Waals surface area contributed by atoms with Crippen LogP contribution in [0, 0.1) is 12.8 Å². The third-order valence-electron chi connectivity index (χ3n) is 4.57. The number of aromatic nitrogens is 2. The highest BCUT2D eigenvalue weighted by Crippen LogP contribution is 2.33. The van der Waals surface area contributed by atoms with E-state index in [9.17, 15) is 4.79 Å². The van der Waals surface area contributed by atoms with Gasteiger partial charge < -0.3 is 16.0 Å². The Morgan fingerprint density at radius 2 is 2.25 bits per heavy atom. The molecule has 0 spiro atoms. The van der Waals surface area contributed by atoms with Crippen LogP contribution >= 0.6 is 0 Å². The number of amides is 1. The van der Waals surface area contributed by atoms with Gasteiger partial charge >= 0.3 is 0 Å². The van der Waals surface area contributed by atoms with Gasteiger partial charge in [-0.15, -0.1) is 0 Å². The van der Waals surface area contributed by atoms with Gasteiger partial charge in [-0.05, 0) is 32.6 Å². The molecule has 0 saturated carbocycles. The quantitative estimate of drug-likeness (QED) is 0.842.